The van der Waals surface area contributed by atoms with Crippen molar-refractivity contribution in [1.29, 1.82) is 0 Å². The third-order valence-corrected chi connectivity index (χ3v) is 4.28. The van der Waals surface area contributed by atoms with Crippen LogP contribution in [0.15, 0.2) is 48.2 Å². The number of carbonyl (C=O) groups is 1. The van der Waals surface area contributed by atoms with Gasteiger partial charge in [-0.15, -0.1) is 0 Å². The number of pyridine rings is 1. The fourth-order valence-corrected chi connectivity index (χ4v) is 2.91. The molecule has 2 N–H and O–H groups in total. The number of primary amides is 1. The minimum Gasteiger partial charge on any atom is -0.439 e. The van der Waals surface area contributed by atoms with Crippen LogP contribution in [0.3, 0.4) is 0 Å². The van der Waals surface area contributed by atoms with Crippen LogP contribution in [-0.4, -0.2) is 36.1 Å². The van der Waals surface area contributed by atoms with Gasteiger partial charge < -0.3 is 20.1 Å². The number of likely N-dealkylation sites (tertiary alicyclic amines) is 1. The fourth-order valence-electron chi connectivity index (χ4n) is 2.91. The maximum atomic E-state index is 11.2. The van der Waals surface area contributed by atoms with E-state index in [4.69, 9.17) is 15.2 Å². The average Bonchev–Trinajstić information content (AvgIpc) is 2.64. The van der Waals surface area contributed by atoms with Crippen molar-refractivity contribution in [3.63, 3.8) is 0 Å². The molecule has 0 saturated carbocycles. The molecule has 6 heteroatoms. The number of hydrogen-bond donors (Lipinski definition) is 1. The van der Waals surface area contributed by atoms with Crippen LogP contribution in [0.2, 0.25) is 0 Å². The van der Waals surface area contributed by atoms with E-state index in [1.807, 2.05) is 36.4 Å². The monoisotopic (exact) mass is 353 g/mol. The average molecular weight is 353 g/mol. The molecular formula is C20H23N3O3. The highest BCUT2D eigenvalue weighted by Crippen LogP contribution is 2.24. The predicted molar refractivity (Wildman–Crippen MR) is 99.8 cm³/mol. The zero-order chi connectivity index (χ0) is 18.4. The van der Waals surface area contributed by atoms with E-state index in [0.29, 0.717) is 25.6 Å². The van der Waals surface area contributed by atoms with Crippen molar-refractivity contribution in [2.75, 3.05) is 20.2 Å². The first-order valence-electron chi connectivity index (χ1n) is 8.59. The van der Waals surface area contributed by atoms with Gasteiger partial charge in [-0.05, 0) is 42.2 Å². The van der Waals surface area contributed by atoms with Crippen LogP contribution in [0, 0.1) is 0 Å². The molecule has 0 spiro atoms. The summed E-state index contributed by atoms with van der Waals surface area (Å²) in [6.07, 6.45) is 5.59. The molecule has 2 heterocycles. The predicted octanol–water partition coefficient (Wildman–Crippen LogP) is 3.58. The third kappa shape index (κ3) is 4.83. The van der Waals surface area contributed by atoms with E-state index in [1.165, 1.54) is 5.57 Å². The van der Waals surface area contributed by atoms with Crippen molar-refractivity contribution in [2.45, 2.75) is 19.4 Å². The Hall–Kier alpha value is -2.86. The summed E-state index contributed by atoms with van der Waals surface area (Å²) in [5.74, 6) is 1.28. The first-order chi connectivity index (χ1) is 12.6. The van der Waals surface area contributed by atoms with Gasteiger partial charge in [0, 0.05) is 32.5 Å². The Morgan fingerprint density at radius 2 is 2.08 bits per heavy atom. The number of ether oxygens (including phenoxy) is 2. The summed E-state index contributed by atoms with van der Waals surface area (Å²) < 4.78 is 10.9. The Morgan fingerprint density at radius 3 is 2.73 bits per heavy atom. The van der Waals surface area contributed by atoms with Crippen molar-refractivity contribution >= 4 is 12.1 Å². The standard InChI is InChI=1S/C20H23N3O3/c1-25-14-17-5-6-19(22-13-17)26-18-4-2-3-16(12-18)11-15-7-9-23(10-8-15)20(21)24/h2-6,11-13H,7-10,14H2,1H3,(H2,21,24). The molecule has 0 atom stereocenters. The smallest absolute Gasteiger partial charge is 0.314 e. The molecule has 6 nitrogen and oxygen atoms in total. The van der Waals surface area contributed by atoms with E-state index in [0.717, 1.165) is 29.7 Å². The molecule has 1 aliphatic heterocycles. The second kappa shape index (κ2) is 8.49. The molecule has 1 fully saturated rings. The number of benzene rings is 1. The molecule has 0 unspecified atom stereocenters. The zero-order valence-corrected chi connectivity index (χ0v) is 14.9. The van der Waals surface area contributed by atoms with Crippen molar-refractivity contribution in [3.8, 4) is 11.6 Å². The molecule has 26 heavy (non-hydrogen) atoms. The molecule has 0 bridgehead atoms. The quantitative estimate of drug-likeness (QED) is 0.891. The van der Waals surface area contributed by atoms with Crippen LogP contribution < -0.4 is 10.5 Å². The molecule has 0 radical (unpaired) electrons. The highest BCUT2D eigenvalue weighted by Gasteiger charge is 2.16. The topological polar surface area (TPSA) is 77.7 Å². The lowest BCUT2D eigenvalue weighted by Crippen LogP contribution is -2.39. The van der Waals surface area contributed by atoms with E-state index in [9.17, 15) is 4.79 Å². The van der Waals surface area contributed by atoms with Crippen molar-refractivity contribution < 1.29 is 14.3 Å². The second-order valence-electron chi connectivity index (χ2n) is 6.24. The van der Waals surface area contributed by atoms with Crippen molar-refractivity contribution in [1.82, 2.24) is 9.88 Å². The largest absolute Gasteiger partial charge is 0.439 e. The van der Waals surface area contributed by atoms with Crippen molar-refractivity contribution in [2.24, 2.45) is 5.73 Å². The number of amides is 2. The van der Waals surface area contributed by atoms with Crippen LogP contribution >= 0.6 is 0 Å². The van der Waals surface area contributed by atoms with E-state index >= 15 is 0 Å². The van der Waals surface area contributed by atoms with Gasteiger partial charge in [-0.3, -0.25) is 0 Å². The van der Waals surface area contributed by atoms with Gasteiger partial charge in [0.25, 0.3) is 0 Å². The Labute approximate surface area is 153 Å². The van der Waals surface area contributed by atoms with Gasteiger partial charge in [-0.25, -0.2) is 9.78 Å². The molecule has 1 aromatic heterocycles. The van der Waals surface area contributed by atoms with Gasteiger partial charge in [-0.2, -0.15) is 0 Å². The fraction of sp³-hybridized carbons (Fsp3) is 0.300. The third-order valence-electron chi connectivity index (χ3n) is 4.28. The van der Waals surface area contributed by atoms with Gasteiger partial charge >= 0.3 is 6.03 Å². The van der Waals surface area contributed by atoms with E-state index < -0.39 is 0 Å². The molecule has 1 aliphatic rings. The number of aromatic nitrogens is 1. The lowest BCUT2D eigenvalue weighted by molar-refractivity contribution is 0.184. The first kappa shape index (κ1) is 17.9. The first-order valence-corrected chi connectivity index (χ1v) is 8.59. The summed E-state index contributed by atoms with van der Waals surface area (Å²) in [5.41, 5.74) is 8.70. The SMILES string of the molecule is COCc1ccc(Oc2cccc(C=C3CCN(C(N)=O)CC3)c2)nc1. The summed E-state index contributed by atoms with van der Waals surface area (Å²) in [4.78, 5) is 17.2. The van der Waals surface area contributed by atoms with Crippen LogP contribution in [0.1, 0.15) is 24.0 Å². The number of hydrogen-bond acceptors (Lipinski definition) is 4. The van der Waals surface area contributed by atoms with E-state index in [-0.39, 0.29) is 6.03 Å². The van der Waals surface area contributed by atoms with E-state index in [1.54, 1.807) is 18.2 Å². The Bertz CT molecular complexity index is 777. The van der Waals surface area contributed by atoms with Crippen LogP contribution in [-0.2, 0) is 11.3 Å². The van der Waals surface area contributed by atoms with Crippen LogP contribution in [0.5, 0.6) is 11.6 Å². The maximum Gasteiger partial charge on any atom is 0.314 e. The Kier molecular flexibility index (Phi) is 5.86. The Balaban J connectivity index is 1.65. The number of piperidine rings is 1. The van der Waals surface area contributed by atoms with Crippen molar-refractivity contribution in [3.05, 3.63) is 59.3 Å². The number of nitrogens with zero attached hydrogens (tertiary/aromatic N) is 2. The number of carbonyl (C=O) groups excluding carboxylic acids is 1. The number of rotatable bonds is 5. The number of nitrogens with two attached hydrogens (primary N) is 1. The lowest BCUT2D eigenvalue weighted by Gasteiger charge is -2.26. The summed E-state index contributed by atoms with van der Waals surface area (Å²) in [5, 5.41) is 0. The molecular weight excluding hydrogens is 330 g/mol. The van der Waals surface area contributed by atoms with Gasteiger partial charge in [0.1, 0.15) is 5.75 Å². The molecule has 0 aliphatic carbocycles. The molecule has 3 rings (SSSR count). The summed E-state index contributed by atoms with van der Waals surface area (Å²) in [6, 6.07) is 11.3. The molecule has 2 amide bonds. The number of methoxy groups -OCH3 is 1. The number of urea groups is 1. The minimum atomic E-state index is -0.344. The summed E-state index contributed by atoms with van der Waals surface area (Å²) in [6.45, 7) is 1.88. The molecule has 1 saturated heterocycles. The van der Waals surface area contributed by atoms with E-state index in [2.05, 4.69) is 11.1 Å². The van der Waals surface area contributed by atoms with Gasteiger partial charge in [0.15, 0.2) is 0 Å². The summed E-state index contributed by atoms with van der Waals surface area (Å²) in [7, 11) is 1.65. The van der Waals surface area contributed by atoms with Gasteiger partial charge in [0.05, 0.1) is 6.61 Å². The molecule has 2 aromatic rings. The zero-order valence-electron chi connectivity index (χ0n) is 14.9. The Morgan fingerprint density at radius 1 is 1.27 bits per heavy atom. The lowest BCUT2D eigenvalue weighted by atomic mass is 10.0. The molecule has 1 aromatic carbocycles. The van der Waals surface area contributed by atoms with Crippen LogP contribution in [0.4, 0.5) is 4.79 Å². The molecule has 136 valence electrons. The van der Waals surface area contributed by atoms with Crippen LogP contribution in [0.25, 0.3) is 6.08 Å². The summed E-state index contributed by atoms with van der Waals surface area (Å²) >= 11 is 0. The highest BCUT2D eigenvalue weighted by atomic mass is 16.5. The highest BCUT2D eigenvalue weighted by molar-refractivity contribution is 5.72. The normalized spacial score (nSPS) is 14.2. The minimum absolute atomic E-state index is 0.344. The second-order valence-corrected chi connectivity index (χ2v) is 6.24. The maximum absolute atomic E-state index is 11.2. The van der Waals surface area contributed by atoms with Gasteiger partial charge in [0.2, 0.25) is 5.88 Å². The van der Waals surface area contributed by atoms with Gasteiger partial charge in [-0.1, -0.05) is 23.8 Å².